The standard InChI is InChI=1S/C14H20N2O4/c1-2-3-9-16(11-7-5-4-6-8-11)14(20)15-10-12(17)13(18)19/h4-8,12,17H,2-3,9-10H2,1H3,(H,15,20)(H,18,19)/t12-/m0/s1. The van der Waals surface area contributed by atoms with E-state index < -0.39 is 18.1 Å². The number of anilines is 1. The number of carbonyl (C=O) groups is 2. The number of hydrogen-bond donors (Lipinski definition) is 3. The van der Waals surface area contributed by atoms with E-state index >= 15 is 0 Å². The number of hydrogen-bond acceptors (Lipinski definition) is 3. The lowest BCUT2D eigenvalue weighted by Crippen LogP contribution is -2.45. The number of nitrogens with one attached hydrogen (secondary N) is 1. The average Bonchev–Trinajstić information content (AvgIpc) is 2.46. The van der Waals surface area contributed by atoms with Crippen molar-refractivity contribution in [3.8, 4) is 0 Å². The molecule has 0 aliphatic rings. The van der Waals surface area contributed by atoms with Gasteiger partial charge in [0.15, 0.2) is 6.10 Å². The predicted molar refractivity (Wildman–Crippen MR) is 75.7 cm³/mol. The number of urea groups is 1. The summed E-state index contributed by atoms with van der Waals surface area (Å²) in [5.41, 5.74) is 0.739. The SMILES string of the molecule is CCCCN(C(=O)NC[C@H](O)C(=O)O)c1ccccc1. The van der Waals surface area contributed by atoms with Gasteiger partial charge in [-0.2, -0.15) is 0 Å². The highest BCUT2D eigenvalue weighted by Crippen LogP contribution is 2.14. The van der Waals surface area contributed by atoms with Crippen LogP contribution in [0.15, 0.2) is 30.3 Å². The van der Waals surface area contributed by atoms with Crippen molar-refractivity contribution in [1.29, 1.82) is 0 Å². The minimum absolute atomic E-state index is 0.316. The van der Waals surface area contributed by atoms with Gasteiger partial charge in [-0.3, -0.25) is 4.90 Å². The molecule has 0 radical (unpaired) electrons. The Kier molecular flexibility index (Phi) is 6.52. The Morgan fingerprint density at radius 2 is 1.95 bits per heavy atom. The lowest BCUT2D eigenvalue weighted by Gasteiger charge is -2.23. The van der Waals surface area contributed by atoms with Crippen LogP contribution in [0.1, 0.15) is 19.8 Å². The highest BCUT2D eigenvalue weighted by molar-refractivity contribution is 5.92. The Labute approximate surface area is 118 Å². The zero-order valence-electron chi connectivity index (χ0n) is 11.5. The number of amides is 2. The molecule has 2 amide bonds. The van der Waals surface area contributed by atoms with Crippen LogP contribution in [0.3, 0.4) is 0 Å². The molecular formula is C14H20N2O4. The van der Waals surface area contributed by atoms with Crippen molar-refractivity contribution in [3.05, 3.63) is 30.3 Å². The lowest BCUT2D eigenvalue weighted by atomic mass is 10.2. The Hall–Kier alpha value is -2.08. The molecule has 0 bridgehead atoms. The Morgan fingerprint density at radius 1 is 1.30 bits per heavy atom. The molecule has 1 atom stereocenters. The number of carboxylic acids is 1. The zero-order valence-corrected chi connectivity index (χ0v) is 11.5. The normalized spacial score (nSPS) is 11.7. The molecule has 0 aliphatic heterocycles. The summed E-state index contributed by atoms with van der Waals surface area (Å²) in [6.07, 6.45) is 0.181. The molecule has 0 aliphatic carbocycles. The van der Waals surface area contributed by atoms with Crippen molar-refractivity contribution >= 4 is 17.7 Å². The van der Waals surface area contributed by atoms with E-state index in [0.29, 0.717) is 6.54 Å². The maximum atomic E-state index is 12.1. The van der Waals surface area contributed by atoms with Crippen LogP contribution in [0.5, 0.6) is 0 Å². The first kappa shape index (κ1) is 16.0. The van der Waals surface area contributed by atoms with E-state index in [1.807, 2.05) is 37.3 Å². The number of unbranched alkanes of at least 4 members (excludes halogenated alkanes) is 1. The van der Waals surface area contributed by atoms with Crippen LogP contribution in [-0.4, -0.2) is 41.4 Å². The zero-order chi connectivity index (χ0) is 15.0. The second kappa shape index (κ2) is 8.16. The lowest BCUT2D eigenvalue weighted by molar-refractivity contribution is -0.146. The summed E-state index contributed by atoms with van der Waals surface area (Å²) >= 11 is 0. The fourth-order valence-corrected chi connectivity index (χ4v) is 1.64. The Morgan fingerprint density at radius 3 is 2.50 bits per heavy atom. The summed E-state index contributed by atoms with van der Waals surface area (Å²) in [4.78, 5) is 24.1. The van der Waals surface area contributed by atoms with E-state index in [1.54, 1.807) is 0 Å². The van der Waals surface area contributed by atoms with Crippen molar-refractivity contribution < 1.29 is 19.8 Å². The first-order valence-electron chi connectivity index (χ1n) is 6.57. The van der Waals surface area contributed by atoms with Gasteiger partial charge >= 0.3 is 12.0 Å². The first-order chi connectivity index (χ1) is 9.56. The van der Waals surface area contributed by atoms with Crippen LogP contribution < -0.4 is 10.2 Å². The second-order valence-electron chi connectivity index (χ2n) is 4.38. The number of benzene rings is 1. The minimum Gasteiger partial charge on any atom is -0.479 e. The van der Waals surface area contributed by atoms with Crippen molar-refractivity contribution in [3.63, 3.8) is 0 Å². The van der Waals surface area contributed by atoms with Crippen molar-refractivity contribution in [2.24, 2.45) is 0 Å². The van der Waals surface area contributed by atoms with Crippen molar-refractivity contribution in [2.75, 3.05) is 18.0 Å². The number of carboxylic acid groups (broad SMARTS) is 1. The largest absolute Gasteiger partial charge is 0.479 e. The maximum absolute atomic E-state index is 12.1. The van der Waals surface area contributed by atoms with E-state index in [9.17, 15) is 14.7 Å². The molecule has 6 heteroatoms. The van der Waals surface area contributed by atoms with Crippen LogP contribution in [0, 0.1) is 0 Å². The van der Waals surface area contributed by atoms with E-state index in [2.05, 4.69) is 5.32 Å². The number of aliphatic hydroxyl groups excluding tert-OH is 1. The summed E-state index contributed by atoms with van der Waals surface area (Å²) in [5.74, 6) is -1.36. The highest BCUT2D eigenvalue weighted by atomic mass is 16.4. The fraction of sp³-hybridized carbons (Fsp3) is 0.429. The topological polar surface area (TPSA) is 89.9 Å². The molecule has 0 unspecified atom stereocenters. The van der Waals surface area contributed by atoms with Gasteiger partial charge in [-0.1, -0.05) is 31.5 Å². The molecule has 1 aromatic carbocycles. The number of aliphatic hydroxyl groups is 1. The molecule has 0 spiro atoms. The van der Waals surface area contributed by atoms with E-state index in [0.717, 1.165) is 18.5 Å². The van der Waals surface area contributed by atoms with Crippen molar-refractivity contribution in [1.82, 2.24) is 5.32 Å². The first-order valence-corrected chi connectivity index (χ1v) is 6.57. The smallest absolute Gasteiger partial charge is 0.334 e. The summed E-state index contributed by atoms with van der Waals surface area (Å²) in [5, 5.41) is 20.2. The monoisotopic (exact) mass is 280 g/mol. The summed E-state index contributed by atoms with van der Waals surface area (Å²) in [6.45, 7) is 2.24. The van der Waals surface area contributed by atoms with Crippen LogP contribution in [-0.2, 0) is 4.79 Å². The number of rotatable bonds is 7. The number of para-hydroxylation sites is 1. The molecular weight excluding hydrogens is 260 g/mol. The van der Waals surface area contributed by atoms with Gasteiger partial charge in [-0.25, -0.2) is 9.59 Å². The quantitative estimate of drug-likeness (QED) is 0.705. The van der Waals surface area contributed by atoms with Gasteiger partial charge in [0.05, 0.1) is 6.54 Å². The summed E-state index contributed by atoms with van der Waals surface area (Å²) in [7, 11) is 0. The van der Waals surface area contributed by atoms with Crippen LogP contribution in [0.25, 0.3) is 0 Å². The third-order valence-electron chi connectivity index (χ3n) is 2.78. The molecule has 20 heavy (non-hydrogen) atoms. The van der Waals surface area contributed by atoms with Crippen molar-refractivity contribution in [2.45, 2.75) is 25.9 Å². The van der Waals surface area contributed by atoms with Gasteiger partial charge < -0.3 is 15.5 Å². The van der Waals surface area contributed by atoms with E-state index in [-0.39, 0.29) is 6.54 Å². The van der Waals surface area contributed by atoms with Crippen LogP contribution in [0.4, 0.5) is 10.5 Å². The molecule has 110 valence electrons. The van der Waals surface area contributed by atoms with Gasteiger partial charge in [-0.15, -0.1) is 0 Å². The predicted octanol–water partition coefficient (Wildman–Crippen LogP) is 1.45. The van der Waals surface area contributed by atoms with Crippen LogP contribution in [0.2, 0.25) is 0 Å². The van der Waals surface area contributed by atoms with Gasteiger partial charge in [0.2, 0.25) is 0 Å². The third-order valence-corrected chi connectivity index (χ3v) is 2.78. The van der Waals surface area contributed by atoms with E-state index in [1.165, 1.54) is 4.90 Å². The van der Waals surface area contributed by atoms with E-state index in [4.69, 9.17) is 5.11 Å². The maximum Gasteiger partial charge on any atom is 0.334 e. The molecule has 0 heterocycles. The molecule has 1 aromatic rings. The number of nitrogens with zero attached hydrogens (tertiary/aromatic N) is 1. The van der Waals surface area contributed by atoms with Gasteiger partial charge in [-0.05, 0) is 18.6 Å². The van der Waals surface area contributed by atoms with Gasteiger partial charge in [0.1, 0.15) is 0 Å². The van der Waals surface area contributed by atoms with Crippen LogP contribution >= 0.6 is 0 Å². The Bertz CT molecular complexity index is 436. The minimum atomic E-state index is -1.59. The molecule has 3 N–H and O–H groups in total. The molecule has 1 rings (SSSR count). The van der Waals surface area contributed by atoms with Gasteiger partial charge in [0.25, 0.3) is 0 Å². The number of aliphatic carboxylic acids is 1. The Balaban J connectivity index is 2.68. The summed E-state index contributed by atoms with van der Waals surface area (Å²) in [6, 6.07) is 8.71. The highest BCUT2D eigenvalue weighted by Gasteiger charge is 2.18. The second-order valence-corrected chi connectivity index (χ2v) is 4.38. The third kappa shape index (κ3) is 4.89. The molecule has 0 aromatic heterocycles. The molecule has 6 nitrogen and oxygen atoms in total. The average molecular weight is 280 g/mol. The number of carbonyl (C=O) groups excluding carboxylic acids is 1. The summed E-state index contributed by atoms with van der Waals surface area (Å²) < 4.78 is 0. The molecule has 0 saturated carbocycles. The molecule has 0 saturated heterocycles. The fourth-order valence-electron chi connectivity index (χ4n) is 1.64. The molecule has 0 fully saturated rings. The van der Waals surface area contributed by atoms with Gasteiger partial charge in [0, 0.05) is 12.2 Å².